The maximum absolute atomic E-state index is 13.1. The first-order valence-electron chi connectivity index (χ1n) is 10.2. The van der Waals surface area contributed by atoms with Crippen LogP contribution in [0, 0.1) is 5.92 Å². The van der Waals surface area contributed by atoms with Crippen molar-refractivity contribution < 1.29 is 29.0 Å². The lowest BCUT2D eigenvalue weighted by molar-refractivity contribution is -0.150. The molecule has 12 heteroatoms. The van der Waals surface area contributed by atoms with Crippen molar-refractivity contribution in [3.63, 3.8) is 0 Å². The number of nitrogens with one attached hydrogen (secondary N) is 2. The minimum Gasteiger partial charge on any atom is -0.477 e. The van der Waals surface area contributed by atoms with E-state index in [9.17, 15) is 24.3 Å². The second kappa shape index (κ2) is 9.56. The highest BCUT2D eigenvalue weighted by molar-refractivity contribution is 8.00. The molecule has 0 saturated carbocycles. The molecule has 2 aliphatic rings. The van der Waals surface area contributed by atoms with E-state index >= 15 is 0 Å². The van der Waals surface area contributed by atoms with Crippen LogP contribution in [0.5, 0.6) is 0 Å². The van der Waals surface area contributed by atoms with Gasteiger partial charge in [0, 0.05) is 11.1 Å². The van der Waals surface area contributed by atoms with E-state index in [0.29, 0.717) is 11.4 Å². The predicted molar refractivity (Wildman–Crippen MR) is 126 cm³/mol. The number of hydrogen-bond acceptors (Lipinski definition) is 8. The summed E-state index contributed by atoms with van der Waals surface area (Å²) in [7, 11) is 0. The van der Waals surface area contributed by atoms with Gasteiger partial charge in [0.2, 0.25) is 0 Å². The van der Waals surface area contributed by atoms with E-state index in [0.717, 1.165) is 11.3 Å². The molecule has 1 aromatic heterocycles. The van der Waals surface area contributed by atoms with E-state index in [4.69, 9.17) is 4.74 Å². The van der Waals surface area contributed by atoms with Crippen molar-refractivity contribution in [3.8, 4) is 0 Å². The van der Waals surface area contributed by atoms with Gasteiger partial charge in [-0.3, -0.25) is 19.8 Å². The molecule has 33 heavy (non-hydrogen) atoms. The molecule has 10 nitrogen and oxygen atoms in total. The lowest BCUT2D eigenvalue weighted by Crippen LogP contribution is -2.70. The minimum atomic E-state index is -1.17. The second-order valence-electron chi connectivity index (χ2n) is 8.77. The molecular formula is C21H26N4O6S2. The number of carbonyl (C=O) groups is 4. The third kappa shape index (κ3) is 5.74. The highest BCUT2D eigenvalue weighted by Crippen LogP contribution is 2.37. The van der Waals surface area contributed by atoms with Gasteiger partial charge in [-0.1, -0.05) is 19.9 Å². The fourth-order valence-electron chi connectivity index (χ4n) is 3.21. The number of fused-ring (bicyclic) bond motifs is 1. The number of nitrogens with zero attached hydrogens (tertiary/aromatic N) is 2. The number of amides is 3. The van der Waals surface area contributed by atoms with Gasteiger partial charge in [0.1, 0.15) is 22.7 Å². The van der Waals surface area contributed by atoms with E-state index in [2.05, 4.69) is 15.6 Å². The van der Waals surface area contributed by atoms with Crippen molar-refractivity contribution in [3.05, 3.63) is 28.9 Å². The first-order chi connectivity index (χ1) is 15.4. The lowest BCUT2D eigenvalue weighted by Gasteiger charge is -2.48. The zero-order valence-electron chi connectivity index (χ0n) is 18.9. The van der Waals surface area contributed by atoms with Crippen molar-refractivity contribution >= 4 is 57.7 Å². The summed E-state index contributed by atoms with van der Waals surface area (Å²) in [6, 6.07) is -0.834. The van der Waals surface area contributed by atoms with Crippen LogP contribution in [-0.2, 0) is 19.1 Å². The van der Waals surface area contributed by atoms with Gasteiger partial charge in [-0.2, -0.15) is 0 Å². The molecule has 3 amide bonds. The number of aromatic nitrogens is 1. The monoisotopic (exact) mass is 494 g/mol. The van der Waals surface area contributed by atoms with Gasteiger partial charge in [0.25, 0.3) is 11.8 Å². The van der Waals surface area contributed by atoms with Gasteiger partial charge in [-0.25, -0.2) is 14.6 Å². The molecule has 0 aliphatic carbocycles. The number of carboxylic acid groups (broad SMARTS) is 1. The Kier molecular flexibility index (Phi) is 7.17. The Morgan fingerprint density at radius 3 is 2.64 bits per heavy atom. The molecule has 0 aromatic carbocycles. The highest BCUT2D eigenvalue weighted by atomic mass is 32.2. The van der Waals surface area contributed by atoms with Crippen LogP contribution in [0.25, 0.3) is 5.57 Å². The Bertz CT molecular complexity index is 1040. The Morgan fingerprint density at radius 1 is 1.33 bits per heavy atom. The maximum Gasteiger partial charge on any atom is 0.413 e. The number of anilines is 1. The molecule has 0 radical (unpaired) electrons. The summed E-state index contributed by atoms with van der Waals surface area (Å²) in [6.07, 6.45) is 2.55. The van der Waals surface area contributed by atoms with Crippen molar-refractivity contribution in [2.75, 3.05) is 11.1 Å². The van der Waals surface area contributed by atoms with Crippen LogP contribution in [0.3, 0.4) is 0 Å². The number of thiazole rings is 1. The normalized spacial score (nSPS) is 20.5. The molecule has 1 saturated heterocycles. The third-order valence-electron chi connectivity index (χ3n) is 4.48. The van der Waals surface area contributed by atoms with E-state index in [-0.39, 0.29) is 22.3 Å². The summed E-state index contributed by atoms with van der Waals surface area (Å²) in [5.41, 5.74) is -0.115. The SMILES string of the molecule is CC(C)/C=C(\C(=O)NC1C(=O)N2C(C(=O)O)=CCSC12)c1csc(NC(=O)OC(C)(C)C)n1. The summed E-state index contributed by atoms with van der Waals surface area (Å²) in [6.45, 7) is 9.04. The standard InChI is InChI=1S/C21H26N4O6S2/c1-10(2)8-11(12-9-33-19(22-12)24-20(30)31-21(3,4)5)15(26)23-14-16(27)25-13(18(28)29)6-7-32-17(14)25/h6,8-10,14,17H,7H2,1-5H3,(H,23,26)(H,28,29)(H,22,24,30)/b11-8-. The van der Waals surface area contributed by atoms with Crippen molar-refractivity contribution in [1.82, 2.24) is 15.2 Å². The Morgan fingerprint density at radius 2 is 2.03 bits per heavy atom. The van der Waals surface area contributed by atoms with Crippen LogP contribution in [-0.4, -0.2) is 61.6 Å². The van der Waals surface area contributed by atoms with E-state index in [1.54, 1.807) is 32.2 Å². The second-order valence-corrected chi connectivity index (χ2v) is 10.8. The van der Waals surface area contributed by atoms with Gasteiger partial charge in [0.15, 0.2) is 5.13 Å². The van der Waals surface area contributed by atoms with Crippen LogP contribution in [0.2, 0.25) is 0 Å². The molecule has 3 N–H and O–H groups in total. The average Bonchev–Trinajstić information content (AvgIpc) is 3.15. The fourth-order valence-corrected chi connectivity index (χ4v) is 5.10. The van der Waals surface area contributed by atoms with Gasteiger partial charge < -0.3 is 15.2 Å². The molecule has 178 valence electrons. The highest BCUT2D eigenvalue weighted by Gasteiger charge is 2.52. The summed E-state index contributed by atoms with van der Waals surface area (Å²) in [5, 5.41) is 16.0. The van der Waals surface area contributed by atoms with Gasteiger partial charge in [-0.05, 0) is 32.8 Å². The number of thioether (sulfide) groups is 1. The van der Waals surface area contributed by atoms with Gasteiger partial charge in [-0.15, -0.1) is 23.1 Å². The number of carboxylic acids is 1. The first kappa shape index (κ1) is 24.8. The van der Waals surface area contributed by atoms with Crippen molar-refractivity contribution in [2.24, 2.45) is 5.92 Å². The van der Waals surface area contributed by atoms with Gasteiger partial charge >= 0.3 is 12.1 Å². The van der Waals surface area contributed by atoms with Crippen LogP contribution >= 0.6 is 23.1 Å². The predicted octanol–water partition coefficient (Wildman–Crippen LogP) is 2.90. The quantitative estimate of drug-likeness (QED) is 0.405. The molecule has 0 bridgehead atoms. The van der Waals surface area contributed by atoms with Crippen LogP contribution in [0.15, 0.2) is 23.2 Å². The van der Waals surface area contributed by atoms with E-state index in [1.807, 2.05) is 13.8 Å². The number of carbonyl (C=O) groups excluding carboxylic acids is 3. The molecule has 2 aliphatic heterocycles. The summed E-state index contributed by atoms with van der Waals surface area (Å²) in [5.74, 6) is -1.70. The Labute approximate surface area is 199 Å². The number of ether oxygens (including phenoxy) is 1. The molecule has 3 heterocycles. The van der Waals surface area contributed by atoms with Gasteiger partial charge in [0.05, 0.1) is 11.3 Å². The third-order valence-corrected chi connectivity index (χ3v) is 6.43. The topological polar surface area (TPSA) is 138 Å². The largest absolute Gasteiger partial charge is 0.477 e. The fraction of sp³-hybridized carbons (Fsp3) is 0.476. The molecule has 3 rings (SSSR count). The van der Waals surface area contributed by atoms with Crippen LogP contribution in [0.4, 0.5) is 9.93 Å². The molecule has 1 fully saturated rings. The summed E-state index contributed by atoms with van der Waals surface area (Å²) < 4.78 is 5.22. The molecular weight excluding hydrogens is 468 g/mol. The smallest absolute Gasteiger partial charge is 0.413 e. The number of aliphatic carboxylic acids is 1. The number of rotatable bonds is 6. The van der Waals surface area contributed by atoms with E-state index < -0.39 is 40.9 Å². The zero-order valence-corrected chi connectivity index (χ0v) is 20.5. The summed E-state index contributed by atoms with van der Waals surface area (Å²) >= 11 is 2.52. The molecule has 2 unspecified atom stereocenters. The minimum absolute atomic E-state index is 0.00825. The zero-order chi connectivity index (χ0) is 24.5. The first-order valence-corrected chi connectivity index (χ1v) is 12.2. The number of β-lactam (4-membered cyclic amide) rings is 1. The van der Waals surface area contributed by atoms with Crippen molar-refractivity contribution in [1.29, 1.82) is 0 Å². The maximum atomic E-state index is 13.1. The van der Waals surface area contributed by atoms with Crippen LogP contribution < -0.4 is 10.6 Å². The van der Waals surface area contributed by atoms with Crippen molar-refractivity contribution in [2.45, 2.75) is 51.6 Å². The molecule has 2 atom stereocenters. The Hall–Kier alpha value is -2.86. The number of hydrogen-bond donors (Lipinski definition) is 3. The van der Waals surface area contributed by atoms with Crippen LogP contribution in [0.1, 0.15) is 40.3 Å². The average molecular weight is 495 g/mol. The Balaban J connectivity index is 1.73. The molecule has 0 spiro atoms. The van der Waals surface area contributed by atoms with E-state index in [1.165, 1.54) is 22.7 Å². The number of allylic oxidation sites excluding steroid dienone is 1. The summed E-state index contributed by atoms with van der Waals surface area (Å²) in [4.78, 5) is 54.6. The lowest BCUT2D eigenvalue weighted by atomic mass is 10.0. The molecule has 1 aromatic rings.